The number of benzene rings is 1. The molecule has 3 rings (SSSR count). The molecule has 0 saturated heterocycles. The Kier molecular flexibility index (Phi) is 5.80. The Balaban J connectivity index is 1.96. The predicted octanol–water partition coefficient (Wildman–Crippen LogP) is 2.23. The van der Waals surface area contributed by atoms with Crippen molar-refractivity contribution in [3.63, 3.8) is 0 Å². The van der Waals surface area contributed by atoms with Crippen LogP contribution < -0.4 is 10.9 Å². The Labute approximate surface area is 155 Å². The van der Waals surface area contributed by atoms with Crippen molar-refractivity contribution >= 4 is 28.6 Å². The van der Waals surface area contributed by atoms with E-state index in [-0.39, 0.29) is 17.2 Å². The second-order valence-corrected chi connectivity index (χ2v) is 6.49. The van der Waals surface area contributed by atoms with E-state index in [4.69, 9.17) is 0 Å². The fourth-order valence-electron chi connectivity index (χ4n) is 2.44. The molecule has 0 fully saturated rings. The number of carbonyl (C=O) groups excluding carboxylic acids is 1. The van der Waals surface area contributed by atoms with Crippen LogP contribution in [0.2, 0.25) is 0 Å². The zero-order valence-electron chi connectivity index (χ0n) is 14.1. The van der Waals surface area contributed by atoms with Crippen molar-refractivity contribution in [1.82, 2.24) is 19.9 Å². The number of hydrogen-bond acceptors (Lipinski definition) is 5. The SMILES string of the molecule is C=CCNC(=O)CSc1nc2ccccc2c(=O)n1Cc1cccnc1. The molecule has 6 nitrogen and oxygen atoms in total. The van der Waals surface area contributed by atoms with Gasteiger partial charge in [-0.15, -0.1) is 6.58 Å². The molecule has 0 saturated carbocycles. The lowest BCUT2D eigenvalue weighted by Crippen LogP contribution is -2.27. The molecule has 132 valence electrons. The lowest BCUT2D eigenvalue weighted by atomic mass is 10.2. The predicted molar refractivity (Wildman–Crippen MR) is 103 cm³/mol. The Morgan fingerprint density at radius 1 is 1.27 bits per heavy atom. The second-order valence-electron chi connectivity index (χ2n) is 5.55. The first-order chi connectivity index (χ1) is 12.7. The highest BCUT2D eigenvalue weighted by atomic mass is 32.2. The van der Waals surface area contributed by atoms with Gasteiger partial charge < -0.3 is 5.32 Å². The van der Waals surface area contributed by atoms with E-state index in [0.29, 0.717) is 29.1 Å². The monoisotopic (exact) mass is 366 g/mol. The van der Waals surface area contributed by atoms with Crippen molar-refractivity contribution in [3.8, 4) is 0 Å². The zero-order chi connectivity index (χ0) is 18.4. The van der Waals surface area contributed by atoms with Gasteiger partial charge in [-0.1, -0.05) is 36.0 Å². The summed E-state index contributed by atoms with van der Waals surface area (Å²) in [7, 11) is 0. The van der Waals surface area contributed by atoms with Crippen molar-refractivity contribution < 1.29 is 4.79 Å². The minimum absolute atomic E-state index is 0.131. The summed E-state index contributed by atoms with van der Waals surface area (Å²) in [5.41, 5.74) is 1.38. The summed E-state index contributed by atoms with van der Waals surface area (Å²) in [6.07, 6.45) is 5.02. The van der Waals surface area contributed by atoms with Gasteiger partial charge in [-0.25, -0.2) is 4.98 Å². The summed E-state index contributed by atoms with van der Waals surface area (Å²) < 4.78 is 1.59. The number of hydrogen-bond donors (Lipinski definition) is 1. The molecule has 1 amide bonds. The number of nitrogens with zero attached hydrogens (tertiary/aromatic N) is 3. The highest BCUT2D eigenvalue weighted by molar-refractivity contribution is 7.99. The van der Waals surface area contributed by atoms with Crippen LogP contribution in [0.5, 0.6) is 0 Å². The summed E-state index contributed by atoms with van der Waals surface area (Å²) in [4.78, 5) is 33.5. The van der Waals surface area contributed by atoms with Crippen LogP contribution in [0.1, 0.15) is 5.56 Å². The van der Waals surface area contributed by atoms with Crippen LogP contribution in [0, 0.1) is 0 Å². The van der Waals surface area contributed by atoms with Crippen LogP contribution in [-0.4, -0.2) is 32.7 Å². The normalized spacial score (nSPS) is 10.6. The van der Waals surface area contributed by atoms with Gasteiger partial charge in [-0.3, -0.25) is 19.1 Å². The van der Waals surface area contributed by atoms with E-state index in [1.165, 1.54) is 11.8 Å². The van der Waals surface area contributed by atoms with E-state index >= 15 is 0 Å². The molecule has 0 aliphatic rings. The zero-order valence-corrected chi connectivity index (χ0v) is 14.9. The van der Waals surface area contributed by atoms with Gasteiger partial charge in [0.15, 0.2) is 5.16 Å². The van der Waals surface area contributed by atoms with Crippen molar-refractivity contribution in [2.75, 3.05) is 12.3 Å². The van der Waals surface area contributed by atoms with Crippen LogP contribution >= 0.6 is 11.8 Å². The third-order valence-electron chi connectivity index (χ3n) is 3.67. The highest BCUT2D eigenvalue weighted by Crippen LogP contribution is 2.18. The van der Waals surface area contributed by atoms with E-state index < -0.39 is 0 Å². The summed E-state index contributed by atoms with van der Waals surface area (Å²) in [5, 5.41) is 3.78. The van der Waals surface area contributed by atoms with Gasteiger partial charge >= 0.3 is 0 Å². The number of thioether (sulfide) groups is 1. The number of amides is 1. The smallest absolute Gasteiger partial charge is 0.262 e. The highest BCUT2D eigenvalue weighted by Gasteiger charge is 2.13. The van der Waals surface area contributed by atoms with Gasteiger partial charge in [0.25, 0.3) is 5.56 Å². The molecule has 0 spiro atoms. The molecular formula is C19H18N4O2S. The van der Waals surface area contributed by atoms with Gasteiger partial charge in [-0.2, -0.15) is 0 Å². The van der Waals surface area contributed by atoms with Crippen LogP contribution in [0.3, 0.4) is 0 Å². The lowest BCUT2D eigenvalue weighted by molar-refractivity contribution is -0.118. The van der Waals surface area contributed by atoms with Crippen LogP contribution in [0.4, 0.5) is 0 Å². The van der Waals surface area contributed by atoms with E-state index in [9.17, 15) is 9.59 Å². The molecule has 2 aromatic heterocycles. The molecule has 26 heavy (non-hydrogen) atoms. The van der Waals surface area contributed by atoms with Gasteiger partial charge in [0.1, 0.15) is 0 Å². The first kappa shape index (κ1) is 17.9. The topological polar surface area (TPSA) is 76.9 Å². The lowest BCUT2D eigenvalue weighted by Gasteiger charge is -2.13. The molecule has 1 aromatic carbocycles. The average Bonchev–Trinajstić information content (AvgIpc) is 2.68. The molecule has 2 heterocycles. The van der Waals surface area contributed by atoms with Crippen molar-refractivity contribution in [1.29, 1.82) is 0 Å². The van der Waals surface area contributed by atoms with E-state index in [2.05, 4.69) is 21.9 Å². The van der Waals surface area contributed by atoms with Crippen molar-refractivity contribution in [2.24, 2.45) is 0 Å². The first-order valence-electron chi connectivity index (χ1n) is 8.08. The maximum absolute atomic E-state index is 12.9. The average molecular weight is 366 g/mol. The fraction of sp³-hybridized carbons (Fsp3) is 0.158. The van der Waals surface area contributed by atoms with Gasteiger partial charge in [0.05, 0.1) is 23.2 Å². The molecule has 0 bridgehead atoms. The van der Waals surface area contributed by atoms with Crippen LogP contribution in [0.15, 0.2) is 71.4 Å². The molecular weight excluding hydrogens is 348 g/mol. The molecule has 1 N–H and O–H groups in total. The number of fused-ring (bicyclic) bond motifs is 1. The van der Waals surface area contributed by atoms with E-state index in [1.807, 2.05) is 24.3 Å². The third kappa shape index (κ3) is 4.18. The summed E-state index contributed by atoms with van der Waals surface area (Å²) in [6.45, 7) is 4.33. The Morgan fingerprint density at radius 3 is 2.88 bits per heavy atom. The molecule has 0 unspecified atom stereocenters. The Hall–Kier alpha value is -2.93. The second kappa shape index (κ2) is 8.44. The number of pyridine rings is 1. The Bertz CT molecular complexity index is 986. The minimum atomic E-state index is -0.134. The van der Waals surface area contributed by atoms with Gasteiger partial charge in [-0.05, 0) is 23.8 Å². The maximum atomic E-state index is 12.9. The third-order valence-corrected chi connectivity index (χ3v) is 4.64. The number of para-hydroxylation sites is 1. The fourth-order valence-corrected chi connectivity index (χ4v) is 3.27. The molecule has 0 aliphatic heterocycles. The number of rotatable bonds is 7. The molecule has 0 atom stereocenters. The number of nitrogens with one attached hydrogen (secondary N) is 1. The number of carbonyl (C=O) groups is 1. The van der Waals surface area contributed by atoms with Crippen molar-refractivity contribution in [2.45, 2.75) is 11.7 Å². The summed E-state index contributed by atoms with van der Waals surface area (Å²) >= 11 is 1.24. The summed E-state index contributed by atoms with van der Waals surface area (Å²) in [5.74, 6) is 0.0382. The summed E-state index contributed by atoms with van der Waals surface area (Å²) in [6, 6.07) is 10.9. The number of aromatic nitrogens is 3. The largest absolute Gasteiger partial charge is 0.352 e. The quantitative estimate of drug-likeness (QED) is 0.394. The van der Waals surface area contributed by atoms with Crippen molar-refractivity contribution in [3.05, 3.63) is 77.4 Å². The standard InChI is InChI=1S/C19H18N4O2S/c1-2-9-21-17(24)13-26-19-22-16-8-4-3-7-15(16)18(25)23(19)12-14-6-5-10-20-11-14/h2-8,10-11H,1,9,12-13H2,(H,21,24). The van der Waals surface area contributed by atoms with Gasteiger partial charge in [0, 0.05) is 18.9 Å². The maximum Gasteiger partial charge on any atom is 0.262 e. The Morgan fingerprint density at radius 2 is 2.12 bits per heavy atom. The van der Waals surface area contributed by atoms with Gasteiger partial charge in [0.2, 0.25) is 5.91 Å². The van der Waals surface area contributed by atoms with Crippen LogP contribution in [-0.2, 0) is 11.3 Å². The molecule has 0 aliphatic carbocycles. The molecule has 3 aromatic rings. The first-order valence-corrected chi connectivity index (χ1v) is 9.06. The minimum Gasteiger partial charge on any atom is -0.352 e. The van der Waals surface area contributed by atoms with Crippen LogP contribution in [0.25, 0.3) is 10.9 Å². The van der Waals surface area contributed by atoms with E-state index in [0.717, 1.165) is 5.56 Å². The molecule has 0 radical (unpaired) electrons. The van der Waals surface area contributed by atoms with E-state index in [1.54, 1.807) is 35.2 Å². The molecule has 7 heteroatoms.